The summed E-state index contributed by atoms with van der Waals surface area (Å²) in [5, 5.41) is 0.127. The van der Waals surface area contributed by atoms with E-state index in [1.165, 1.54) is 6.07 Å². The summed E-state index contributed by atoms with van der Waals surface area (Å²) in [6.45, 7) is 0. The van der Waals surface area contributed by atoms with Crippen LogP contribution in [0.2, 0.25) is 5.02 Å². The summed E-state index contributed by atoms with van der Waals surface area (Å²) in [6.07, 6.45) is 2.99. The lowest BCUT2D eigenvalue weighted by Crippen LogP contribution is -2.25. The molecule has 2 N–H and O–H groups in total. The number of hydrogen-bond donors (Lipinski definition) is 1. The van der Waals surface area contributed by atoms with Gasteiger partial charge in [-0.2, -0.15) is 0 Å². The Bertz CT molecular complexity index is 575. The Labute approximate surface area is 122 Å². The summed E-state index contributed by atoms with van der Waals surface area (Å²) in [5.41, 5.74) is 7.94. The van der Waals surface area contributed by atoms with Gasteiger partial charge in [0.1, 0.15) is 5.82 Å². The molecule has 20 heavy (non-hydrogen) atoms. The van der Waals surface area contributed by atoms with Crippen LogP contribution in [0.4, 0.5) is 4.39 Å². The molecule has 1 aromatic carbocycles. The fourth-order valence-corrected chi connectivity index (χ4v) is 2.11. The molecule has 0 amide bonds. The van der Waals surface area contributed by atoms with E-state index in [1.807, 2.05) is 6.07 Å². The minimum Gasteiger partial charge on any atom is -0.481 e. The lowest BCUT2D eigenvalue weighted by atomic mass is 10.0. The van der Waals surface area contributed by atoms with E-state index < -0.39 is 5.82 Å². The number of pyridine rings is 1. The summed E-state index contributed by atoms with van der Waals surface area (Å²) in [6, 6.07) is 8.38. The molecule has 0 saturated heterocycles. The number of ether oxygens (including phenoxy) is 1. The molecule has 1 unspecified atom stereocenters. The summed E-state index contributed by atoms with van der Waals surface area (Å²) in [7, 11) is 1.57. The van der Waals surface area contributed by atoms with Gasteiger partial charge in [0.15, 0.2) is 0 Å². The normalized spacial score (nSPS) is 12.2. The highest BCUT2D eigenvalue weighted by Crippen LogP contribution is 2.17. The average Bonchev–Trinajstić information content (AvgIpc) is 2.44. The monoisotopic (exact) mass is 294 g/mol. The number of nitrogens with two attached hydrogens (primary N) is 1. The predicted octanol–water partition coefficient (Wildman–Crippen LogP) is 3.00. The summed E-state index contributed by atoms with van der Waals surface area (Å²) in [5.74, 6) is 0.157. The van der Waals surface area contributed by atoms with Crippen LogP contribution in [0.5, 0.6) is 5.88 Å². The molecule has 0 bridgehead atoms. The first-order valence-corrected chi connectivity index (χ1v) is 6.64. The number of methoxy groups -OCH3 is 1. The molecule has 2 rings (SSSR count). The van der Waals surface area contributed by atoms with Crippen molar-refractivity contribution in [2.45, 2.75) is 18.9 Å². The molecule has 0 aliphatic carbocycles. The lowest BCUT2D eigenvalue weighted by molar-refractivity contribution is 0.397. The van der Waals surface area contributed by atoms with Crippen molar-refractivity contribution in [1.29, 1.82) is 0 Å². The zero-order valence-corrected chi connectivity index (χ0v) is 11.9. The maximum absolute atomic E-state index is 13.3. The Morgan fingerprint density at radius 1 is 1.25 bits per heavy atom. The third-order valence-corrected chi connectivity index (χ3v) is 3.29. The van der Waals surface area contributed by atoms with Crippen LogP contribution in [0.3, 0.4) is 0 Å². The van der Waals surface area contributed by atoms with E-state index >= 15 is 0 Å². The summed E-state index contributed by atoms with van der Waals surface area (Å²) < 4.78 is 18.3. The topological polar surface area (TPSA) is 48.1 Å². The molecular weight excluding hydrogens is 279 g/mol. The van der Waals surface area contributed by atoms with Crippen molar-refractivity contribution in [3.63, 3.8) is 0 Å². The second-order valence-corrected chi connectivity index (χ2v) is 5.03. The molecule has 0 fully saturated rings. The van der Waals surface area contributed by atoms with Crippen molar-refractivity contribution in [3.05, 3.63) is 58.5 Å². The van der Waals surface area contributed by atoms with E-state index in [2.05, 4.69) is 4.98 Å². The van der Waals surface area contributed by atoms with Crippen LogP contribution in [0.15, 0.2) is 36.5 Å². The van der Waals surface area contributed by atoms with Gasteiger partial charge in [-0.05, 0) is 36.1 Å². The molecule has 3 nitrogen and oxygen atoms in total. The Hall–Kier alpha value is -1.65. The molecule has 1 aromatic heterocycles. The van der Waals surface area contributed by atoms with Gasteiger partial charge < -0.3 is 10.5 Å². The van der Waals surface area contributed by atoms with E-state index in [0.29, 0.717) is 18.7 Å². The molecule has 1 heterocycles. The van der Waals surface area contributed by atoms with Gasteiger partial charge in [0.05, 0.1) is 12.1 Å². The molecule has 0 aliphatic heterocycles. The minimum absolute atomic E-state index is 0.106. The van der Waals surface area contributed by atoms with Crippen LogP contribution in [0.1, 0.15) is 11.1 Å². The first-order valence-electron chi connectivity index (χ1n) is 6.27. The van der Waals surface area contributed by atoms with Crippen LogP contribution >= 0.6 is 11.6 Å². The molecule has 1 atom stereocenters. The number of rotatable bonds is 5. The third-order valence-electron chi connectivity index (χ3n) is 2.99. The Kier molecular flexibility index (Phi) is 4.93. The number of nitrogens with zero attached hydrogens (tertiary/aromatic N) is 1. The molecular formula is C15H16ClFN2O. The molecule has 2 aromatic rings. The van der Waals surface area contributed by atoms with Crippen molar-refractivity contribution < 1.29 is 9.13 Å². The number of hydrogen-bond acceptors (Lipinski definition) is 3. The van der Waals surface area contributed by atoms with Crippen molar-refractivity contribution >= 4 is 11.6 Å². The Morgan fingerprint density at radius 3 is 2.55 bits per heavy atom. The van der Waals surface area contributed by atoms with Crippen molar-refractivity contribution in [1.82, 2.24) is 4.98 Å². The van der Waals surface area contributed by atoms with E-state index in [0.717, 1.165) is 11.1 Å². The smallest absolute Gasteiger partial charge is 0.212 e. The highest BCUT2D eigenvalue weighted by molar-refractivity contribution is 6.30. The zero-order chi connectivity index (χ0) is 14.5. The van der Waals surface area contributed by atoms with Crippen molar-refractivity contribution in [2.75, 3.05) is 7.11 Å². The van der Waals surface area contributed by atoms with Gasteiger partial charge in [-0.25, -0.2) is 9.37 Å². The molecule has 0 saturated carbocycles. The molecule has 0 spiro atoms. The third kappa shape index (κ3) is 3.92. The van der Waals surface area contributed by atoms with Crippen LogP contribution < -0.4 is 10.5 Å². The average molecular weight is 295 g/mol. The second kappa shape index (κ2) is 6.68. The Morgan fingerprint density at radius 2 is 1.95 bits per heavy atom. The maximum atomic E-state index is 13.3. The van der Waals surface area contributed by atoms with Gasteiger partial charge in [0.25, 0.3) is 0 Å². The minimum atomic E-state index is -0.414. The van der Waals surface area contributed by atoms with E-state index in [1.54, 1.807) is 31.5 Å². The number of aromatic nitrogens is 1. The fraction of sp³-hybridized carbons (Fsp3) is 0.267. The molecule has 0 radical (unpaired) electrons. The first-order chi connectivity index (χ1) is 9.58. The van der Waals surface area contributed by atoms with Gasteiger partial charge in [-0.3, -0.25) is 0 Å². The quantitative estimate of drug-likeness (QED) is 0.922. The van der Waals surface area contributed by atoms with E-state index in [4.69, 9.17) is 22.1 Å². The predicted molar refractivity (Wildman–Crippen MR) is 77.6 cm³/mol. The molecule has 5 heteroatoms. The second-order valence-electron chi connectivity index (χ2n) is 4.63. The van der Waals surface area contributed by atoms with Crippen molar-refractivity contribution in [3.8, 4) is 5.88 Å². The van der Waals surface area contributed by atoms with Crippen LogP contribution in [-0.4, -0.2) is 18.1 Å². The van der Waals surface area contributed by atoms with E-state index in [-0.39, 0.29) is 11.1 Å². The first kappa shape index (κ1) is 14.8. The van der Waals surface area contributed by atoms with Crippen LogP contribution in [0, 0.1) is 5.82 Å². The van der Waals surface area contributed by atoms with Gasteiger partial charge in [-0.15, -0.1) is 0 Å². The van der Waals surface area contributed by atoms with Crippen molar-refractivity contribution in [2.24, 2.45) is 5.73 Å². The molecule has 0 aliphatic rings. The lowest BCUT2D eigenvalue weighted by Gasteiger charge is -2.12. The van der Waals surface area contributed by atoms with Gasteiger partial charge in [0, 0.05) is 18.3 Å². The fourth-order valence-electron chi connectivity index (χ4n) is 2.00. The maximum Gasteiger partial charge on any atom is 0.212 e. The summed E-state index contributed by atoms with van der Waals surface area (Å²) in [4.78, 5) is 4.13. The Balaban J connectivity index is 1.97. The van der Waals surface area contributed by atoms with E-state index in [9.17, 15) is 4.39 Å². The zero-order valence-electron chi connectivity index (χ0n) is 11.1. The van der Waals surface area contributed by atoms with Gasteiger partial charge >= 0.3 is 0 Å². The SMILES string of the molecule is COc1ccc(CC(N)Cc2ccc(Cl)c(F)c2)cn1. The summed E-state index contributed by atoms with van der Waals surface area (Å²) >= 11 is 5.65. The number of benzene rings is 1. The standard InChI is InChI=1S/C15H16ClFN2O/c1-20-15-5-3-11(9-19-15)7-12(18)6-10-2-4-13(16)14(17)8-10/h2-5,8-9,12H,6-7,18H2,1H3. The highest BCUT2D eigenvalue weighted by Gasteiger charge is 2.08. The molecule has 106 valence electrons. The van der Waals surface area contributed by atoms with Gasteiger partial charge in [-0.1, -0.05) is 23.7 Å². The largest absolute Gasteiger partial charge is 0.481 e. The highest BCUT2D eigenvalue weighted by atomic mass is 35.5. The van der Waals surface area contributed by atoms with Crippen LogP contribution in [-0.2, 0) is 12.8 Å². The van der Waals surface area contributed by atoms with Gasteiger partial charge in [0.2, 0.25) is 5.88 Å². The number of halogens is 2. The van der Waals surface area contributed by atoms with Crippen LogP contribution in [0.25, 0.3) is 0 Å².